The molecule has 4 rings (SSSR count). The average molecular weight is 647 g/mol. The van der Waals surface area contributed by atoms with E-state index in [1.54, 1.807) is 13.8 Å². The van der Waals surface area contributed by atoms with E-state index < -0.39 is 45.6 Å². The van der Waals surface area contributed by atoms with Crippen LogP contribution in [0.3, 0.4) is 0 Å². The maximum absolute atomic E-state index is 14.0. The van der Waals surface area contributed by atoms with Crippen LogP contribution in [0, 0.1) is 20.2 Å². The second kappa shape index (κ2) is 13.5. The van der Waals surface area contributed by atoms with Crippen LogP contribution in [0.25, 0.3) is 0 Å². The number of nitrogens with zero attached hydrogens (tertiary/aromatic N) is 2. The molecule has 15 heteroatoms. The van der Waals surface area contributed by atoms with Crippen LogP contribution in [-0.4, -0.2) is 47.9 Å². The number of methoxy groups -OCH3 is 2. The van der Waals surface area contributed by atoms with Crippen LogP contribution in [0.2, 0.25) is 0 Å². The number of hydrogen-bond donors (Lipinski definition) is 2. The zero-order valence-corrected chi connectivity index (χ0v) is 26.2. The molecule has 2 aliphatic rings. The van der Waals surface area contributed by atoms with Gasteiger partial charge in [-0.1, -0.05) is 24.3 Å². The van der Waals surface area contributed by atoms with Gasteiger partial charge in [-0.25, -0.2) is 19.2 Å². The van der Waals surface area contributed by atoms with Crippen molar-refractivity contribution in [3.63, 3.8) is 0 Å². The van der Waals surface area contributed by atoms with Crippen molar-refractivity contribution in [1.82, 2.24) is 10.6 Å². The highest BCUT2D eigenvalue weighted by Crippen LogP contribution is 2.42. The molecule has 244 valence electrons. The van der Waals surface area contributed by atoms with Gasteiger partial charge < -0.3 is 24.8 Å². The number of non-ortho nitro benzene ring substituents is 2. The first kappa shape index (κ1) is 33.8. The molecule has 2 heterocycles. The lowest BCUT2D eigenvalue weighted by Gasteiger charge is -2.31. The van der Waals surface area contributed by atoms with Crippen molar-refractivity contribution in [3.8, 4) is 0 Å². The van der Waals surface area contributed by atoms with Crippen molar-refractivity contribution in [1.29, 1.82) is 0 Å². The molecule has 47 heavy (non-hydrogen) atoms. The Hall–Kier alpha value is -6.12. The summed E-state index contributed by atoms with van der Waals surface area (Å²) < 4.78 is 15.4. The van der Waals surface area contributed by atoms with Crippen LogP contribution >= 0.6 is 0 Å². The van der Waals surface area contributed by atoms with Crippen molar-refractivity contribution in [2.45, 2.75) is 39.5 Å². The Balaban J connectivity index is 1.83. The van der Waals surface area contributed by atoms with Crippen LogP contribution in [0.5, 0.6) is 0 Å². The second-order valence-electron chi connectivity index (χ2n) is 10.6. The smallest absolute Gasteiger partial charge is 0.344 e. The van der Waals surface area contributed by atoms with Crippen molar-refractivity contribution in [2.24, 2.45) is 0 Å². The Morgan fingerprint density at radius 3 is 1.21 bits per heavy atom. The van der Waals surface area contributed by atoms with Crippen molar-refractivity contribution < 1.29 is 43.2 Å². The molecule has 2 atom stereocenters. The SMILES string of the molecule is COC(=O)C1=C(C)NC(C)=C(C(=O)OC(=O)C2=C(C)NC(C)=C(C(=O)OC)[C@@H]2c2cccc([N+](=O)[O-])c2)[C@H]1c1cccc([N+](=O)[O-])c1. The Labute approximate surface area is 267 Å². The summed E-state index contributed by atoms with van der Waals surface area (Å²) in [6, 6.07) is 10.6. The predicted molar refractivity (Wildman–Crippen MR) is 164 cm³/mol. The number of ether oxygens (including phenoxy) is 3. The topological polar surface area (TPSA) is 206 Å². The molecule has 0 radical (unpaired) electrons. The largest absolute Gasteiger partial charge is 0.466 e. The zero-order chi connectivity index (χ0) is 34.7. The highest BCUT2D eigenvalue weighted by Gasteiger charge is 2.42. The van der Waals surface area contributed by atoms with Crippen molar-refractivity contribution >= 4 is 35.3 Å². The van der Waals surface area contributed by atoms with E-state index in [-0.39, 0.29) is 56.2 Å². The zero-order valence-electron chi connectivity index (χ0n) is 26.2. The highest BCUT2D eigenvalue weighted by molar-refractivity contribution is 6.08. The van der Waals surface area contributed by atoms with Gasteiger partial charge >= 0.3 is 23.9 Å². The molecule has 0 bridgehead atoms. The Bertz CT molecular complexity index is 1740. The fourth-order valence-electron chi connectivity index (χ4n) is 5.79. The van der Waals surface area contributed by atoms with Gasteiger partial charge in [0.2, 0.25) is 0 Å². The summed E-state index contributed by atoms with van der Waals surface area (Å²) >= 11 is 0. The summed E-state index contributed by atoms with van der Waals surface area (Å²) in [4.78, 5) is 75.8. The Morgan fingerprint density at radius 1 is 0.596 bits per heavy atom. The van der Waals surface area contributed by atoms with E-state index in [1.807, 2.05) is 0 Å². The number of nitrogens with one attached hydrogen (secondary N) is 2. The number of rotatable bonds is 8. The van der Waals surface area contributed by atoms with E-state index >= 15 is 0 Å². The number of nitro benzene ring substituents is 2. The average Bonchev–Trinajstić information content (AvgIpc) is 3.03. The van der Waals surface area contributed by atoms with Gasteiger partial charge in [-0.3, -0.25) is 20.2 Å². The molecule has 0 aliphatic carbocycles. The number of nitro groups is 2. The molecule has 0 unspecified atom stereocenters. The summed E-state index contributed by atoms with van der Waals surface area (Å²) in [5.74, 6) is -6.56. The molecule has 0 amide bonds. The molecule has 2 N–H and O–H groups in total. The molecular weight excluding hydrogens is 616 g/mol. The van der Waals surface area contributed by atoms with E-state index in [1.165, 1.54) is 62.4 Å². The van der Waals surface area contributed by atoms with Gasteiger partial charge in [-0.15, -0.1) is 0 Å². The lowest BCUT2D eigenvalue weighted by molar-refractivity contribution is -0.385. The van der Waals surface area contributed by atoms with E-state index in [0.717, 1.165) is 14.2 Å². The Morgan fingerprint density at radius 2 is 0.915 bits per heavy atom. The fourth-order valence-corrected chi connectivity index (χ4v) is 5.79. The minimum Gasteiger partial charge on any atom is -0.466 e. The molecule has 2 aromatic carbocycles. The minimum absolute atomic E-state index is 0.0475. The van der Waals surface area contributed by atoms with Gasteiger partial charge in [0.15, 0.2) is 0 Å². The van der Waals surface area contributed by atoms with E-state index in [2.05, 4.69) is 10.6 Å². The van der Waals surface area contributed by atoms with Crippen LogP contribution in [-0.2, 0) is 33.4 Å². The highest BCUT2D eigenvalue weighted by atomic mass is 16.6. The van der Waals surface area contributed by atoms with Crippen molar-refractivity contribution in [2.75, 3.05) is 14.2 Å². The first-order chi connectivity index (χ1) is 22.2. The van der Waals surface area contributed by atoms with Crippen LogP contribution < -0.4 is 10.6 Å². The fraction of sp³-hybridized carbons (Fsp3) is 0.250. The molecule has 0 saturated heterocycles. The molecular formula is C32H30N4O11. The maximum Gasteiger partial charge on any atom is 0.344 e. The number of allylic oxidation sites excluding steroid dienone is 4. The number of carbonyl (C=O) groups is 4. The summed E-state index contributed by atoms with van der Waals surface area (Å²) in [5, 5.41) is 29.0. The predicted octanol–water partition coefficient (Wildman–Crippen LogP) is 4.09. The normalized spacial score (nSPS) is 17.8. The molecule has 0 aromatic heterocycles. The molecule has 0 fully saturated rings. The number of dihydropyridines is 2. The van der Waals surface area contributed by atoms with Gasteiger partial charge in [-0.05, 0) is 38.8 Å². The summed E-state index contributed by atoms with van der Waals surface area (Å²) in [5.41, 5.74) is 0.211. The lowest BCUT2D eigenvalue weighted by Crippen LogP contribution is -2.35. The quantitative estimate of drug-likeness (QED) is 0.136. The molecule has 0 spiro atoms. The number of hydrogen-bond acceptors (Lipinski definition) is 13. The van der Waals surface area contributed by atoms with Crippen LogP contribution in [0.1, 0.15) is 50.7 Å². The second-order valence-corrected chi connectivity index (χ2v) is 10.6. The standard InChI is InChI=1S/C32H30N4O11/c1-15-23(29(37)45-5)27(19-9-7-11-21(13-19)35(41)42)25(17(3)33-15)31(39)47-32(40)26-18(4)34-16(2)24(30(38)46-6)28(26)20-10-8-12-22(14-20)36(43)44/h7-14,27-28,33-34H,1-6H3/t27-,28-/m0/s1. The van der Waals surface area contributed by atoms with E-state index in [0.29, 0.717) is 11.4 Å². The van der Waals surface area contributed by atoms with Crippen molar-refractivity contribution in [3.05, 3.63) is 125 Å². The van der Waals surface area contributed by atoms with Gasteiger partial charge in [-0.2, -0.15) is 0 Å². The van der Waals surface area contributed by atoms with E-state index in [9.17, 15) is 39.4 Å². The number of esters is 4. The molecule has 2 aromatic rings. The number of benzene rings is 2. The molecule has 2 aliphatic heterocycles. The first-order valence-electron chi connectivity index (χ1n) is 14.0. The number of carbonyl (C=O) groups excluding carboxylic acids is 4. The van der Waals surface area contributed by atoms with Crippen LogP contribution in [0.4, 0.5) is 11.4 Å². The lowest BCUT2D eigenvalue weighted by atomic mass is 9.79. The summed E-state index contributed by atoms with van der Waals surface area (Å²) in [7, 11) is 2.27. The molecule has 0 saturated carbocycles. The maximum atomic E-state index is 14.0. The van der Waals surface area contributed by atoms with Crippen LogP contribution in [0.15, 0.2) is 93.6 Å². The Kier molecular flexibility index (Phi) is 9.68. The van der Waals surface area contributed by atoms with Gasteiger partial charge in [0.25, 0.3) is 11.4 Å². The minimum atomic E-state index is -1.25. The molecule has 15 nitrogen and oxygen atoms in total. The van der Waals surface area contributed by atoms with E-state index in [4.69, 9.17) is 14.2 Å². The third kappa shape index (κ3) is 6.49. The van der Waals surface area contributed by atoms with Gasteiger partial charge in [0, 0.05) is 47.1 Å². The summed E-state index contributed by atoms with van der Waals surface area (Å²) in [6.07, 6.45) is 0. The first-order valence-corrected chi connectivity index (χ1v) is 14.0. The third-order valence-corrected chi connectivity index (χ3v) is 7.79. The monoisotopic (exact) mass is 646 g/mol. The summed E-state index contributed by atoms with van der Waals surface area (Å²) in [6.45, 7) is 6.12. The van der Waals surface area contributed by atoms with Gasteiger partial charge in [0.1, 0.15) is 0 Å². The third-order valence-electron chi connectivity index (χ3n) is 7.79. The van der Waals surface area contributed by atoms with Gasteiger partial charge in [0.05, 0.1) is 58.2 Å².